The molecule has 8 heteroatoms. The molecule has 7 nitrogen and oxygen atoms in total. The van der Waals surface area contributed by atoms with Gasteiger partial charge in [0.25, 0.3) is 0 Å². The summed E-state index contributed by atoms with van der Waals surface area (Å²) >= 11 is 0. The molecule has 1 heterocycles. The highest BCUT2D eigenvalue weighted by molar-refractivity contribution is 7.90. The van der Waals surface area contributed by atoms with Gasteiger partial charge in [-0.25, -0.2) is 8.42 Å². The van der Waals surface area contributed by atoms with Gasteiger partial charge in [0.05, 0.1) is 10.6 Å². The van der Waals surface area contributed by atoms with Crippen molar-refractivity contribution < 1.29 is 13.3 Å². The maximum Gasteiger partial charge on any atom is 0.327 e. The van der Waals surface area contributed by atoms with Gasteiger partial charge in [0.15, 0.2) is 9.84 Å². The van der Waals surface area contributed by atoms with Gasteiger partial charge in [-0.15, -0.1) is 0 Å². The molecule has 2 rings (SSSR count). The number of nitrogens with zero attached hydrogens (tertiary/aromatic N) is 2. The van der Waals surface area contributed by atoms with Crippen LogP contribution >= 0.6 is 0 Å². The number of amidine groups is 1. The summed E-state index contributed by atoms with van der Waals surface area (Å²) in [7, 11) is -3.18. The lowest BCUT2D eigenvalue weighted by Crippen LogP contribution is -2.27. The molecule has 0 aromatic heterocycles. The molecule has 86 valence electrons. The van der Waals surface area contributed by atoms with Crippen LogP contribution in [0.5, 0.6) is 0 Å². The number of rotatable bonds is 2. The highest BCUT2D eigenvalue weighted by Crippen LogP contribution is 2.18. The zero-order valence-corrected chi connectivity index (χ0v) is 9.23. The van der Waals surface area contributed by atoms with Crippen LogP contribution in [0.4, 0.5) is 5.69 Å². The lowest BCUT2D eigenvalue weighted by molar-refractivity contribution is 0.199. The van der Waals surface area contributed by atoms with Gasteiger partial charge in [0.1, 0.15) is 0 Å². The second-order valence-electron chi connectivity index (χ2n) is 3.21. The van der Waals surface area contributed by atoms with Crippen LogP contribution in [0.25, 0.3) is 0 Å². The minimum atomic E-state index is -3.18. The third-order valence-corrected chi connectivity index (χ3v) is 3.07. The highest BCUT2D eigenvalue weighted by Gasteiger charge is 2.15. The van der Waals surface area contributed by atoms with E-state index in [-0.39, 0.29) is 10.9 Å². The van der Waals surface area contributed by atoms with Crippen molar-refractivity contribution in [1.82, 2.24) is 5.59 Å². The van der Waals surface area contributed by atoms with Gasteiger partial charge in [-0.2, -0.15) is 5.12 Å². The summed E-state index contributed by atoms with van der Waals surface area (Å²) in [6.07, 6.45) is 1.15. The van der Waals surface area contributed by atoms with Crippen LogP contribution in [0.3, 0.4) is 0 Å². The van der Waals surface area contributed by atoms with Gasteiger partial charge in [-0.3, -0.25) is 0 Å². The molecule has 0 saturated heterocycles. The van der Waals surface area contributed by atoms with Crippen molar-refractivity contribution in [3.8, 4) is 0 Å². The number of hydrogen-bond donors (Lipinski definition) is 2. The predicted molar refractivity (Wildman–Crippen MR) is 57.9 cm³/mol. The Morgan fingerprint density at radius 2 is 2.00 bits per heavy atom. The third-order valence-electron chi connectivity index (χ3n) is 1.94. The molecule has 0 atom stereocenters. The van der Waals surface area contributed by atoms with Gasteiger partial charge in [0.2, 0.25) is 0 Å². The second kappa shape index (κ2) is 3.65. The average molecular weight is 242 g/mol. The number of hydrazine groups is 1. The topological polar surface area (TPSA) is 97.0 Å². The Morgan fingerprint density at radius 1 is 1.38 bits per heavy atom. The van der Waals surface area contributed by atoms with Crippen molar-refractivity contribution in [2.24, 2.45) is 10.8 Å². The van der Waals surface area contributed by atoms with Crippen molar-refractivity contribution in [1.29, 1.82) is 0 Å². The number of nitrogens with two attached hydrogens (primary N) is 1. The largest absolute Gasteiger partial charge is 0.351 e. The standard InChI is InChI=1S/C8H10N4O3S/c1-16(13,14)7-4-2-6(3-5-7)12-10-8(9)15-11-12/h2-5,11H,1H3,(H2,9,10). The second-order valence-corrected chi connectivity index (χ2v) is 5.23. The fourth-order valence-electron chi connectivity index (χ4n) is 1.17. The Labute approximate surface area is 92.3 Å². The molecule has 3 N–H and O–H groups in total. The fraction of sp³-hybridized carbons (Fsp3) is 0.125. The lowest BCUT2D eigenvalue weighted by atomic mass is 10.3. The Balaban J connectivity index is 2.27. The summed E-state index contributed by atoms with van der Waals surface area (Å²) in [5.74, 6) is 0. The van der Waals surface area contributed by atoms with Gasteiger partial charge in [0, 0.05) is 6.26 Å². The summed E-state index contributed by atoms with van der Waals surface area (Å²) in [5.41, 5.74) is 8.34. The highest BCUT2D eigenvalue weighted by atomic mass is 32.2. The molecular formula is C8H10N4O3S. The van der Waals surface area contributed by atoms with Crippen LogP contribution in [-0.4, -0.2) is 20.7 Å². The summed E-state index contributed by atoms with van der Waals surface area (Å²) in [6.45, 7) is 0. The van der Waals surface area contributed by atoms with Crippen LogP contribution in [0.2, 0.25) is 0 Å². The molecule has 0 radical (unpaired) electrons. The van der Waals surface area contributed by atoms with E-state index in [1.54, 1.807) is 12.1 Å². The van der Waals surface area contributed by atoms with Crippen LogP contribution in [-0.2, 0) is 14.7 Å². The number of nitrogens with one attached hydrogen (secondary N) is 1. The average Bonchev–Trinajstić information content (AvgIpc) is 2.64. The number of anilines is 1. The van der Waals surface area contributed by atoms with E-state index >= 15 is 0 Å². The van der Waals surface area contributed by atoms with Gasteiger partial charge >= 0.3 is 6.02 Å². The van der Waals surface area contributed by atoms with Crippen molar-refractivity contribution in [3.63, 3.8) is 0 Å². The van der Waals surface area contributed by atoms with E-state index in [1.165, 1.54) is 17.3 Å². The van der Waals surface area contributed by atoms with Crippen molar-refractivity contribution >= 4 is 21.5 Å². The van der Waals surface area contributed by atoms with Crippen LogP contribution < -0.4 is 16.4 Å². The number of sulfone groups is 1. The van der Waals surface area contributed by atoms with Gasteiger partial charge < -0.3 is 10.6 Å². The minimum absolute atomic E-state index is 0.00723. The molecule has 0 unspecified atom stereocenters. The number of hydrazone groups is 1. The van der Waals surface area contributed by atoms with E-state index in [0.717, 1.165) is 6.26 Å². The molecule has 1 aromatic rings. The molecule has 0 fully saturated rings. The first-order chi connectivity index (χ1) is 7.47. The molecule has 0 saturated carbocycles. The Hall–Kier alpha value is -1.80. The van der Waals surface area contributed by atoms with E-state index in [9.17, 15) is 8.42 Å². The smallest absolute Gasteiger partial charge is 0.327 e. The van der Waals surface area contributed by atoms with E-state index in [0.29, 0.717) is 5.69 Å². The van der Waals surface area contributed by atoms with Crippen molar-refractivity contribution in [2.75, 3.05) is 11.4 Å². The molecular weight excluding hydrogens is 232 g/mol. The Bertz CT molecular complexity index is 523. The SMILES string of the molecule is CS(=O)(=O)c1ccc(N2N=C(N)ON2)cc1. The predicted octanol–water partition coefficient (Wildman–Crippen LogP) is -0.424. The fourth-order valence-corrected chi connectivity index (χ4v) is 1.80. The number of benzene rings is 1. The number of hydrogen-bond acceptors (Lipinski definition) is 7. The molecule has 0 bridgehead atoms. The molecule has 1 aliphatic heterocycles. The first kappa shape index (κ1) is 10.7. The normalized spacial score (nSPS) is 15.8. The molecule has 16 heavy (non-hydrogen) atoms. The van der Waals surface area contributed by atoms with Crippen molar-refractivity contribution in [3.05, 3.63) is 24.3 Å². The lowest BCUT2D eigenvalue weighted by Gasteiger charge is -2.10. The van der Waals surface area contributed by atoms with Crippen LogP contribution in [0, 0.1) is 0 Å². The van der Waals surface area contributed by atoms with E-state index < -0.39 is 9.84 Å². The van der Waals surface area contributed by atoms with Crippen molar-refractivity contribution in [2.45, 2.75) is 4.90 Å². The van der Waals surface area contributed by atoms with E-state index in [4.69, 9.17) is 10.6 Å². The zero-order chi connectivity index (χ0) is 11.8. The van der Waals surface area contributed by atoms with E-state index in [2.05, 4.69) is 10.7 Å². The first-order valence-electron chi connectivity index (χ1n) is 4.33. The molecule has 0 aliphatic carbocycles. The van der Waals surface area contributed by atoms with E-state index in [1.807, 2.05) is 0 Å². The molecule has 0 spiro atoms. The zero-order valence-electron chi connectivity index (χ0n) is 8.41. The molecule has 1 aromatic carbocycles. The van der Waals surface area contributed by atoms with Crippen LogP contribution in [0.1, 0.15) is 0 Å². The molecule has 1 aliphatic rings. The monoisotopic (exact) mass is 242 g/mol. The summed E-state index contributed by atoms with van der Waals surface area (Å²) in [5, 5.41) is 5.09. The van der Waals surface area contributed by atoms with Gasteiger partial charge in [-0.1, -0.05) is 5.10 Å². The summed E-state index contributed by atoms with van der Waals surface area (Å²) in [4.78, 5) is 4.95. The summed E-state index contributed by atoms with van der Waals surface area (Å²) < 4.78 is 22.4. The van der Waals surface area contributed by atoms with Crippen LogP contribution in [0.15, 0.2) is 34.3 Å². The molecule has 0 amide bonds. The quantitative estimate of drug-likeness (QED) is 0.730. The van der Waals surface area contributed by atoms with Gasteiger partial charge in [-0.05, 0) is 29.9 Å². The third kappa shape index (κ3) is 2.07. The maximum absolute atomic E-state index is 11.2. The first-order valence-corrected chi connectivity index (χ1v) is 6.23. The Morgan fingerprint density at radius 3 is 2.44 bits per heavy atom. The minimum Gasteiger partial charge on any atom is -0.351 e. The maximum atomic E-state index is 11.2. The summed E-state index contributed by atoms with van der Waals surface area (Å²) in [6, 6.07) is 6.14. The Kier molecular flexibility index (Phi) is 2.44.